The first-order valence-electron chi connectivity index (χ1n) is 8.47. The van der Waals surface area contributed by atoms with Crippen molar-refractivity contribution >= 4 is 17.5 Å². The highest BCUT2D eigenvalue weighted by Gasteiger charge is 2.09. The lowest BCUT2D eigenvalue weighted by Crippen LogP contribution is -2.27. The number of rotatable bonds is 7. The second kappa shape index (κ2) is 9.15. The van der Waals surface area contributed by atoms with Crippen molar-refractivity contribution in [2.75, 3.05) is 5.32 Å². The summed E-state index contributed by atoms with van der Waals surface area (Å²) in [4.78, 5) is 27.8. The van der Waals surface area contributed by atoms with Gasteiger partial charge in [0.25, 0.3) is 0 Å². The van der Waals surface area contributed by atoms with Crippen LogP contribution >= 0.6 is 0 Å². The van der Waals surface area contributed by atoms with Gasteiger partial charge < -0.3 is 15.4 Å². The van der Waals surface area contributed by atoms with E-state index in [1.165, 1.54) is 0 Å². The maximum atomic E-state index is 12.0. The van der Waals surface area contributed by atoms with E-state index >= 15 is 0 Å². The Morgan fingerprint density at radius 1 is 0.815 bits per heavy atom. The summed E-state index contributed by atoms with van der Waals surface area (Å²) in [7, 11) is 0. The quantitative estimate of drug-likeness (QED) is 0.631. The van der Waals surface area contributed by atoms with E-state index in [4.69, 9.17) is 4.74 Å². The van der Waals surface area contributed by atoms with E-state index in [0.29, 0.717) is 18.0 Å². The van der Waals surface area contributed by atoms with E-state index in [2.05, 4.69) is 15.6 Å². The van der Waals surface area contributed by atoms with Crippen molar-refractivity contribution in [1.29, 1.82) is 0 Å². The fourth-order valence-corrected chi connectivity index (χ4v) is 2.35. The van der Waals surface area contributed by atoms with Gasteiger partial charge in [-0.15, -0.1) is 0 Å². The number of hydrogen-bond donors (Lipinski definition) is 2. The molecule has 2 aromatic carbocycles. The second-order valence-corrected chi connectivity index (χ2v) is 5.80. The fourth-order valence-electron chi connectivity index (χ4n) is 2.35. The van der Waals surface area contributed by atoms with E-state index in [0.717, 1.165) is 11.3 Å². The number of anilines is 1. The lowest BCUT2D eigenvalue weighted by molar-refractivity contribution is -0.126. The number of amides is 2. The highest BCUT2D eigenvalue weighted by molar-refractivity contribution is 6.03. The number of nitrogens with zero attached hydrogens (tertiary/aromatic N) is 1. The molecule has 0 saturated heterocycles. The Balaban J connectivity index is 1.45. The lowest BCUT2D eigenvalue weighted by Gasteiger charge is -2.08. The third-order valence-corrected chi connectivity index (χ3v) is 3.68. The predicted octanol–water partition coefficient (Wildman–Crippen LogP) is 3.52. The molecule has 2 amide bonds. The van der Waals surface area contributed by atoms with Crippen LogP contribution in [0, 0.1) is 0 Å². The molecule has 0 saturated carbocycles. The SMILES string of the molecule is O=C(CC(=O)Nc1ccc(Oc2ccccc2)cc1)NCc1ccncc1. The Morgan fingerprint density at radius 2 is 1.48 bits per heavy atom. The number of para-hydroxylation sites is 1. The second-order valence-electron chi connectivity index (χ2n) is 5.80. The smallest absolute Gasteiger partial charge is 0.233 e. The van der Waals surface area contributed by atoms with Gasteiger partial charge >= 0.3 is 0 Å². The maximum absolute atomic E-state index is 12.0. The Labute approximate surface area is 157 Å². The van der Waals surface area contributed by atoms with Crippen LogP contribution in [0.15, 0.2) is 79.1 Å². The van der Waals surface area contributed by atoms with Crippen LogP contribution in [0.5, 0.6) is 11.5 Å². The fraction of sp³-hybridized carbons (Fsp3) is 0.0952. The zero-order valence-corrected chi connectivity index (χ0v) is 14.6. The monoisotopic (exact) mass is 361 g/mol. The zero-order valence-electron chi connectivity index (χ0n) is 14.6. The molecular weight excluding hydrogens is 342 g/mol. The third-order valence-electron chi connectivity index (χ3n) is 3.68. The molecule has 0 aliphatic carbocycles. The zero-order chi connectivity index (χ0) is 18.9. The van der Waals surface area contributed by atoms with E-state index < -0.39 is 0 Å². The topological polar surface area (TPSA) is 80.3 Å². The Morgan fingerprint density at radius 3 is 2.19 bits per heavy atom. The number of carbonyl (C=O) groups excluding carboxylic acids is 2. The van der Waals surface area contributed by atoms with Crippen molar-refractivity contribution in [2.45, 2.75) is 13.0 Å². The van der Waals surface area contributed by atoms with Crippen LogP contribution in [-0.2, 0) is 16.1 Å². The first kappa shape index (κ1) is 18.1. The molecule has 0 unspecified atom stereocenters. The van der Waals surface area contributed by atoms with Crippen LogP contribution in [0.2, 0.25) is 0 Å². The number of aromatic nitrogens is 1. The van der Waals surface area contributed by atoms with Gasteiger partial charge in [-0.2, -0.15) is 0 Å². The van der Waals surface area contributed by atoms with Gasteiger partial charge in [0, 0.05) is 24.6 Å². The minimum absolute atomic E-state index is 0.243. The first-order chi connectivity index (χ1) is 13.2. The van der Waals surface area contributed by atoms with Gasteiger partial charge in [-0.05, 0) is 54.1 Å². The Bertz CT molecular complexity index is 882. The molecule has 136 valence electrons. The molecule has 0 fully saturated rings. The van der Waals surface area contributed by atoms with Crippen LogP contribution in [0.25, 0.3) is 0 Å². The van der Waals surface area contributed by atoms with E-state index in [1.54, 1.807) is 48.8 Å². The number of pyridine rings is 1. The van der Waals surface area contributed by atoms with Crippen LogP contribution in [0.1, 0.15) is 12.0 Å². The summed E-state index contributed by atoms with van der Waals surface area (Å²) in [5, 5.41) is 5.40. The first-order valence-corrected chi connectivity index (χ1v) is 8.47. The van der Waals surface area contributed by atoms with Gasteiger partial charge in [-0.25, -0.2) is 0 Å². The van der Waals surface area contributed by atoms with Crippen LogP contribution in [0.4, 0.5) is 5.69 Å². The largest absolute Gasteiger partial charge is 0.457 e. The number of hydrogen-bond acceptors (Lipinski definition) is 4. The van der Waals surface area contributed by atoms with Crippen molar-refractivity contribution in [3.05, 3.63) is 84.7 Å². The van der Waals surface area contributed by atoms with Crippen molar-refractivity contribution in [3.8, 4) is 11.5 Å². The minimum Gasteiger partial charge on any atom is -0.457 e. The van der Waals surface area contributed by atoms with Gasteiger partial charge in [0.1, 0.15) is 17.9 Å². The Kier molecular flexibility index (Phi) is 6.14. The molecule has 0 radical (unpaired) electrons. The summed E-state index contributed by atoms with van der Waals surface area (Å²) in [6, 6.07) is 20.0. The molecule has 0 atom stereocenters. The molecule has 0 spiro atoms. The van der Waals surface area contributed by atoms with E-state index in [-0.39, 0.29) is 18.2 Å². The summed E-state index contributed by atoms with van der Waals surface area (Å²) in [6.07, 6.45) is 3.06. The third kappa shape index (κ3) is 5.97. The summed E-state index contributed by atoms with van der Waals surface area (Å²) < 4.78 is 5.70. The van der Waals surface area contributed by atoms with Crippen LogP contribution in [-0.4, -0.2) is 16.8 Å². The highest BCUT2D eigenvalue weighted by atomic mass is 16.5. The van der Waals surface area contributed by atoms with E-state index in [9.17, 15) is 9.59 Å². The molecule has 6 heteroatoms. The summed E-state index contributed by atoms with van der Waals surface area (Å²) >= 11 is 0. The van der Waals surface area contributed by atoms with Crippen molar-refractivity contribution in [2.24, 2.45) is 0 Å². The van der Waals surface area contributed by atoms with Gasteiger partial charge in [0.2, 0.25) is 11.8 Å². The van der Waals surface area contributed by atoms with Gasteiger partial charge in [0.15, 0.2) is 0 Å². The minimum atomic E-state index is -0.376. The molecule has 1 aromatic heterocycles. The molecule has 3 rings (SSSR count). The number of benzene rings is 2. The molecule has 0 bridgehead atoms. The highest BCUT2D eigenvalue weighted by Crippen LogP contribution is 2.22. The summed E-state index contributed by atoms with van der Waals surface area (Å²) in [5.41, 5.74) is 1.52. The molecule has 0 aliphatic rings. The standard InChI is InChI=1S/C21H19N3O3/c25-20(23-15-16-10-12-22-13-11-16)14-21(26)24-17-6-8-19(9-7-17)27-18-4-2-1-3-5-18/h1-13H,14-15H2,(H,23,25)(H,24,26). The average Bonchev–Trinajstić information content (AvgIpc) is 2.69. The van der Waals surface area contributed by atoms with Crippen LogP contribution < -0.4 is 15.4 Å². The average molecular weight is 361 g/mol. The van der Waals surface area contributed by atoms with E-state index in [1.807, 2.05) is 30.3 Å². The normalized spacial score (nSPS) is 10.1. The number of nitrogens with one attached hydrogen (secondary N) is 2. The molecule has 6 nitrogen and oxygen atoms in total. The molecule has 0 aliphatic heterocycles. The van der Waals surface area contributed by atoms with Gasteiger partial charge in [0.05, 0.1) is 0 Å². The van der Waals surface area contributed by atoms with Crippen molar-refractivity contribution in [3.63, 3.8) is 0 Å². The predicted molar refractivity (Wildman–Crippen MR) is 102 cm³/mol. The summed E-state index contributed by atoms with van der Waals surface area (Å²) in [6.45, 7) is 0.361. The maximum Gasteiger partial charge on any atom is 0.233 e. The molecule has 1 heterocycles. The summed E-state index contributed by atoms with van der Waals surface area (Å²) in [5.74, 6) is 0.682. The van der Waals surface area contributed by atoms with Crippen LogP contribution in [0.3, 0.4) is 0 Å². The Hall–Kier alpha value is -3.67. The number of carbonyl (C=O) groups is 2. The molecule has 3 aromatic rings. The van der Waals surface area contributed by atoms with Gasteiger partial charge in [-0.1, -0.05) is 18.2 Å². The van der Waals surface area contributed by atoms with Gasteiger partial charge in [-0.3, -0.25) is 14.6 Å². The molecule has 2 N–H and O–H groups in total. The lowest BCUT2D eigenvalue weighted by atomic mass is 10.2. The number of ether oxygens (including phenoxy) is 1. The van der Waals surface area contributed by atoms with Crippen molar-refractivity contribution in [1.82, 2.24) is 10.3 Å². The molecular formula is C21H19N3O3. The molecule has 27 heavy (non-hydrogen) atoms. The van der Waals surface area contributed by atoms with Crippen molar-refractivity contribution < 1.29 is 14.3 Å².